The number of para-hydroxylation sites is 2. The fraction of sp³-hybridized carbons (Fsp3) is 0.256. The highest BCUT2D eigenvalue weighted by molar-refractivity contribution is 7.99. The molecule has 11 nitrogen and oxygen atoms in total. The van der Waals surface area contributed by atoms with Crippen LogP contribution in [0.4, 0.5) is 11.4 Å². The Bertz CT molecular complexity index is 2080. The van der Waals surface area contributed by atoms with Crippen molar-refractivity contribution >= 4 is 40.9 Å². The van der Waals surface area contributed by atoms with E-state index in [-0.39, 0.29) is 36.2 Å². The Labute approximate surface area is 324 Å². The molecule has 1 fully saturated rings. The minimum atomic E-state index is -1.03. The molecule has 2 amide bonds. The van der Waals surface area contributed by atoms with Gasteiger partial charge in [-0.1, -0.05) is 84.9 Å². The summed E-state index contributed by atoms with van der Waals surface area (Å²) >= 11 is 1.34. The molecule has 0 unspecified atom stereocenters. The number of ether oxygens (including phenoxy) is 2. The molecule has 0 spiro atoms. The number of carbonyl (C=O) groups excluding carboxylic acids is 2. The summed E-state index contributed by atoms with van der Waals surface area (Å²) in [6.45, 7) is 0.304. The number of aromatic carboxylic acids is 1. The quantitative estimate of drug-likeness (QED) is 0.0382. The van der Waals surface area contributed by atoms with E-state index in [0.29, 0.717) is 60.8 Å². The number of pyridine rings is 1. The zero-order valence-corrected chi connectivity index (χ0v) is 31.0. The van der Waals surface area contributed by atoms with Gasteiger partial charge in [0.2, 0.25) is 11.8 Å². The lowest BCUT2D eigenvalue weighted by atomic mass is 9.97. The van der Waals surface area contributed by atoms with Gasteiger partial charge in [-0.15, -0.1) is 11.8 Å². The number of rotatable bonds is 16. The SMILES string of the molecule is Nc1ccccc1NC(=O)CCCCC(=O)NCc1ccccc1-c1ccc([C@@H]2O[C@H](CSc3ncccc3C(=O)O)C[C@H](c3ccc(CO)cc3)O2)cc1. The van der Waals surface area contributed by atoms with Gasteiger partial charge in [0.05, 0.1) is 35.8 Å². The van der Waals surface area contributed by atoms with Crippen molar-refractivity contribution in [3.63, 3.8) is 0 Å². The Morgan fingerprint density at radius 3 is 2.27 bits per heavy atom. The molecule has 12 heteroatoms. The predicted molar refractivity (Wildman–Crippen MR) is 212 cm³/mol. The van der Waals surface area contributed by atoms with Gasteiger partial charge in [-0.05, 0) is 64.9 Å². The average Bonchev–Trinajstić information content (AvgIpc) is 3.22. The number of aliphatic hydroxyl groups is 1. The molecule has 3 atom stereocenters. The van der Waals surface area contributed by atoms with Crippen molar-refractivity contribution in [2.24, 2.45) is 0 Å². The molecule has 2 heterocycles. The van der Waals surface area contributed by atoms with Crippen LogP contribution in [-0.2, 0) is 32.2 Å². The summed E-state index contributed by atoms with van der Waals surface area (Å²) in [4.78, 5) is 41.1. The number of aliphatic hydroxyl groups excluding tert-OH is 1. The average molecular weight is 761 g/mol. The van der Waals surface area contributed by atoms with Crippen molar-refractivity contribution in [2.75, 3.05) is 16.8 Å². The molecule has 0 saturated carbocycles. The smallest absolute Gasteiger partial charge is 0.338 e. The van der Waals surface area contributed by atoms with Gasteiger partial charge in [0.25, 0.3) is 0 Å². The maximum Gasteiger partial charge on any atom is 0.338 e. The number of carboxylic acids is 1. The van der Waals surface area contributed by atoms with Gasteiger partial charge < -0.3 is 36.1 Å². The molecule has 6 rings (SSSR count). The minimum Gasteiger partial charge on any atom is -0.478 e. The number of carbonyl (C=O) groups is 3. The number of benzene rings is 4. The third-order valence-corrected chi connectivity index (χ3v) is 10.4. The maximum atomic E-state index is 12.7. The summed E-state index contributed by atoms with van der Waals surface area (Å²) in [6, 6.07) is 33.8. The Kier molecular flexibility index (Phi) is 13.7. The third-order valence-electron chi connectivity index (χ3n) is 9.30. The first-order valence-corrected chi connectivity index (χ1v) is 19.2. The lowest BCUT2D eigenvalue weighted by Gasteiger charge is -2.36. The van der Waals surface area contributed by atoms with Gasteiger partial charge in [0.1, 0.15) is 5.03 Å². The molecule has 4 aromatic carbocycles. The number of nitrogens with one attached hydrogen (secondary N) is 2. The fourth-order valence-corrected chi connectivity index (χ4v) is 7.32. The van der Waals surface area contributed by atoms with E-state index in [1.165, 1.54) is 11.8 Å². The molecule has 1 aliphatic heterocycles. The van der Waals surface area contributed by atoms with Gasteiger partial charge >= 0.3 is 5.97 Å². The zero-order valence-electron chi connectivity index (χ0n) is 30.2. The van der Waals surface area contributed by atoms with Crippen LogP contribution in [-0.4, -0.2) is 44.8 Å². The number of nitrogens with zero attached hydrogens (tertiary/aromatic N) is 1. The number of aromatic nitrogens is 1. The van der Waals surface area contributed by atoms with Crippen LogP contribution in [0.3, 0.4) is 0 Å². The van der Waals surface area contributed by atoms with E-state index in [4.69, 9.17) is 15.2 Å². The summed E-state index contributed by atoms with van der Waals surface area (Å²) < 4.78 is 13.0. The summed E-state index contributed by atoms with van der Waals surface area (Å²) in [5.41, 5.74) is 12.6. The molecule has 284 valence electrons. The van der Waals surface area contributed by atoms with Crippen LogP contribution in [0.1, 0.15) is 77.1 Å². The van der Waals surface area contributed by atoms with E-state index >= 15 is 0 Å². The number of thioether (sulfide) groups is 1. The Morgan fingerprint density at radius 1 is 0.818 bits per heavy atom. The first-order chi connectivity index (χ1) is 26.8. The third kappa shape index (κ3) is 10.8. The number of carboxylic acid groups (broad SMARTS) is 1. The van der Waals surface area contributed by atoms with E-state index in [9.17, 15) is 24.6 Å². The second-order valence-electron chi connectivity index (χ2n) is 13.2. The largest absolute Gasteiger partial charge is 0.478 e. The van der Waals surface area contributed by atoms with E-state index in [1.807, 2.05) is 84.9 Å². The number of hydrogen-bond acceptors (Lipinski definition) is 9. The lowest BCUT2D eigenvalue weighted by molar-refractivity contribution is -0.245. The van der Waals surface area contributed by atoms with E-state index in [2.05, 4.69) is 15.6 Å². The van der Waals surface area contributed by atoms with E-state index < -0.39 is 12.3 Å². The van der Waals surface area contributed by atoms with Crippen LogP contribution < -0.4 is 16.4 Å². The predicted octanol–water partition coefficient (Wildman–Crippen LogP) is 7.67. The number of amides is 2. The second-order valence-corrected chi connectivity index (χ2v) is 14.2. The molecular weight excluding hydrogens is 717 g/mol. The monoisotopic (exact) mass is 760 g/mol. The van der Waals surface area contributed by atoms with Gasteiger partial charge in [0.15, 0.2) is 6.29 Å². The van der Waals surface area contributed by atoms with Crippen LogP contribution >= 0.6 is 11.8 Å². The van der Waals surface area contributed by atoms with Gasteiger partial charge in [-0.25, -0.2) is 9.78 Å². The number of nitrogens with two attached hydrogens (primary N) is 1. The Balaban J connectivity index is 1.07. The lowest BCUT2D eigenvalue weighted by Crippen LogP contribution is -2.31. The Morgan fingerprint density at radius 2 is 1.53 bits per heavy atom. The first kappa shape index (κ1) is 39.2. The van der Waals surface area contributed by atoms with Crippen molar-refractivity contribution in [1.82, 2.24) is 10.3 Å². The maximum absolute atomic E-state index is 12.7. The zero-order chi connectivity index (χ0) is 38.6. The highest BCUT2D eigenvalue weighted by atomic mass is 32.2. The molecule has 0 radical (unpaired) electrons. The van der Waals surface area contributed by atoms with Gasteiger partial charge in [0, 0.05) is 43.3 Å². The fourth-order valence-electron chi connectivity index (χ4n) is 6.32. The molecule has 0 aliphatic carbocycles. The molecular formula is C43H44N4O7S. The van der Waals surface area contributed by atoms with Gasteiger partial charge in [-0.2, -0.15) is 0 Å². The van der Waals surface area contributed by atoms with E-state index in [1.54, 1.807) is 30.5 Å². The summed E-state index contributed by atoms with van der Waals surface area (Å²) in [5.74, 6) is -0.779. The highest BCUT2D eigenvalue weighted by Gasteiger charge is 2.32. The van der Waals surface area contributed by atoms with Crippen LogP contribution in [0, 0.1) is 0 Å². The number of anilines is 2. The minimum absolute atomic E-state index is 0.0529. The van der Waals surface area contributed by atoms with Crippen molar-refractivity contribution < 1.29 is 34.1 Å². The summed E-state index contributed by atoms with van der Waals surface area (Å²) in [7, 11) is 0. The normalized spacial score (nSPS) is 16.6. The van der Waals surface area contributed by atoms with Gasteiger partial charge in [-0.3, -0.25) is 9.59 Å². The van der Waals surface area contributed by atoms with Crippen molar-refractivity contribution in [3.05, 3.63) is 143 Å². The van der Waals surface area contributed by atoms with Crippen molar-refractivity contribution in [2.45, 2.75) is 68.8 Å². The standard InChI is InChI=1S/C43H44N4O7S/c44-36-11-3-4-12-37(36)47-40(50)14-6-5-13-39(49)46-25-32-8-1-2-9-34(32)29-19-21-31(22-20-29)43-53-33(27-55-41-35(42(51)52)10-7-23-45-41)24-38(54-43)30-17-15-28(26-48)16-18-30/h1-4,7-12,15-23,33,38,43,48H,5-6,13-14,24-27,44H2,(H,46,49)(H,47,50)(H,51,52)/t33-,38+,43+/m0/s1. The molecule has 0 bridgehead atoms. The Hall–Kier alpha value is -5.53. The summed E-state index contributed by atoms with van der Waals surface area (Å²) in [5, 5.41) is 25.5. The van der Waals surface area contributed by atoms with Crippen LogP contribution in [0.15, 0.2) is 120 Å². The van der Waals surface area contributed by atoms with Crippen molar-refractivity contribution in [1.29, 1.82) is 0 Å². The molecule has 1 saturated heterocycles. The van der Waals surface area contributed by atoms with Crippen LogP contribution in [0.5, 0.6) is 0 Å². The summed E-state index contributed by atoms with van der Waals surface area (Å²) in [6.07, 6.45) is 2.65. The van der Waals surface area contributed by atoms with Crippen LogP contribution in [0.2, 0.25) is 0 Å². The molecule has 5 aromatic rings. The number of hydrogen-bond donors (Lipinski definition) is 5. The molecule has 6 N–H and O–H groups in total. The van der Waals surface area contributed by atoms with Crippen LogP contribution in [0.25, 0.3) is 11.1 Å². The molecule has 1 aromatic heterocycles. The van der Waals surface area contributed by atoms with Crippen molar-refractivity contribution in [3.8, 4) is 11.1 Å². The topological polar surface area (TPSA) is 173 Å². The molecule has 1 aliphatic rings. The second kappa shape index (κ2) is 19.2. The molecule has 55 heavy (non-hydrogen) atoms. The number of unbranched alkanes of at least 4 members (excludes halogenated alkanes) is 1. The first-order valence-electron chi connectivity index (χ1n) is 18.2. The van der Waals surface area contributed by atoms with E-state index in [0.717, 1.165) is 33.4 Å². The highest BCUT2D eigenvalue weighted by Crippen LogP contribution is 2.40. The number of nitrogen functional groups attached to an aromatic ring is 1.